The number of hydrogen-bond acceptors (Lipinski definition) is 3. The predicted octanol–water partition coefficient (Wildman–Crippen LogP) is 2.80. The fraction of sp³-hybridized carbons (Fsp3) is 0.154. The van der Waals surface area contributed by atoms with Gasteiger partial charge in [-0.3, -0.25) is 9.00 Å². The summed E-state index contributed by atoms with van der Waals surface area (Å²) in [7, 11) is -1.28. The van der Waals surface area contributed by atoms with Gasteiger partial charge in [0.1, 0.15) is 5.75 Å². The molecule has 6 heteroatoms. The maximum absolute atomic E-state index is 11.8. The number of halogens is 1. The van der Waals surface area contributed by atoms with E-state index < -0.39 is 16.7 Å². The quantitative estimate of drug-likeness (QED) is 0.922. The number of carbonyl (C=O) groups is 1. The monoisotopic (exact) mass is 313 g/mol. The molecule has 1 aromatic heterocycles. The smallest absolute Gasteiger partial charge is 0.230 e. The molecule has 0 aliphatic heterocycles. The van der Waals surface area contributed by atoms with Gasteiger partial charge >= 0.3 is 0 Å². The molecule has 0 saturated heterocycles. The minimum absolute atomic E-state index is 0.112. The van der Waals surface area contributed by atoms with Crippen LogP contribution in [0.5, 0.6) is 0 Å². The van der Waals surface area contributed by atoms with E-state index in [1.165, 1.54) is 11.3 Å². The molecule has 1 atom stereocenters. The van der Waals surface area contributed by atoms with Gasteiger partial charge in [-0.05, 0) is 22.8 Å². The van der Waals surface area contributed by atoms with Crippen LogP contribution < -0.4 is 5.73 Å². The Morgan fingerprint density at radius 3 is 2.74 bits per heavy atom. The Hall–Kier alpha value is -1.17. The van der Waals surface area contributed by atoms with Gasteiger partial charge in [-0.25, -0.2) is 0 Å². The van der Waals surface area contributed by atoms with Gasteiger partial charge in [0.15, 0.2) is 0 Å². The Kier molecular flexibility index (Phi) is 4.74. The van der Waals surface area contributed by atoms with Gasteiger partial charge in [-0.2, -0.15) is 0 Å². The number of primary amides is 1. The van der Waals surface area contributed by atoms with E-state index in [4.69, 9.17) is 17.3 Å². The number of benzene rings is 1. The first-order valence-corrected chi connectivity index (χ1v) is 8.26. The van der Waals surface area contributed by atoms with Crippen molar-refractivity contribution in [2.75, 3.05) is 5.75 Å². The van der Waals surface area contributed by atoms with Crippen LogP contribution in [0.2, 0.25) is 4.34 Å². The van der Waals surface area contributed by atoms with Crippen molar-refractivity contribution in [2.24, 2.45) is 5.73 Å². The molecule has 0 fully saturated rings. The topological polar surface area (TPSA) is 60.2 Å². The number of amides is 1. The predicted molar refractivity (Wildman–Crippen MR) is 80.7 cm³/mol. The first-order chi connectivity index (χ1) is 9.06. The molecule has 2 rings (SSSR count). The zero-order valence-electron chi connectivity index (χ0n) is 9.97. The highest BCUT2D eigenvalue weighted by atomic mass is 35.5. The molecular weight excluding hydrogens is 302 g/mol. The van der Waals surface area contributed by atoms with Gasteiger partial charge < -0.3 is 5.73 Å². The van der Waals surface area contributed by atoms with Gasteiger partial charge in [0.05, 0.1) is 4.34 Å². The standard InChI is InChI=1S/C13H12ClNO2S2/c14-12-5-10(6-18-12)11-4-2-1-3-9(11)7-19(17)8-13(15)16/h1-6H,7-8H2,(H2,15,16). The number of nitrogens with two attached hydrogens (primary N) is 1. The van der Waals surface area contributed by atoms with Gasteiger partial charge in [0.25, 0.3) is 0 Å². The lowest BCUT2D eigenvalue weighted by molar-refractivity contribution is -0.115. The molecule has 0 aliphatic rings. The second-order valence-corrected chi connectivity index (χ2v) is 6.99. The Balaban J connectivity index is 2.26. The minimum Gasteiger partial charge on any atom is -0.369 e. The molecule has 1 aromatic carbocycles. The lowest BCUT2D eigenvalue weighted by atomic mass is 10.0. The summed E-state index contributed by atoms with van der Waals surface area (Å²) in [5.41, 5.74) is 7.97. The minimum atomic E-state index is -1.28. The van der Waals surface area contributed by atoms with Crippen LogP contribution in [0.4, 0.5) is 0 Å². The highest BCUT2D eigenvalue weighted by molar-refractivity contribution is 7.84. The molecule has 2 aromatic rings. The zero-order chi connectivity index (χ0) is 13.8. The van der Waals surface area contributed by atoms with Crippen LogP contribution in [0.3, 0.4) is 0 Å². The van der Waals surface area contributed by atoms with E-state index in [0.717, 1.165) is 16.7 Å². The van der Waals surface area contributed by atoms with Crippen LogP contribution in [-0.4, -0.2) is 15.9 Å². The molecule has 0 spiro atoms. The van der Waals surface area contributed by atoms with Crippen LogP contribution in [0.15, 0.2) is 35.7 Å². The summed E-state index contributed by atoms with van der Waals surface area (Å²) in [5.74, 6) is -0.347. The third kappa shape index (κ3) is 3.89. The van der Waals surface area contributed by atoms with Crippen molar-refractivity contribution in [3.8, 4) is 11.1 Å². The van der Waals surface area contributed by atoms with Crippen molar-refractivity contribution < 1.29 is 9.00 Å². The van der Waals surface area contributed by atoms with Crippen molar-refractivity contribution in [3.05, 3.63) is 45.6 Å². The van der Waals surface area contributed by atoms with E-state index >= 15 is 0 Å². The van der Waals surface area contributed by atoms with Crippen molar-refractivity contribution in [1.29, 1.82) is 0 Å². The van der Waals surface area contributed by atoms with E-state index in [2.05, 4.69) is 0 Å². The molecular formula is C13H12ClNO2S2. The SMILES string of the molecule is NC(=O)CS(=O)Cc1ccccc1-c1csc(Cl)c1. The molecule has 2 N–H and O–H groups in total. The maximum atomic E-state index is 11.8. The van der Waals surface area contributed by atoms with E-state index in [9.17, 15) is 9.00 Å². The summed E-state index contributed by atoms with van der Waals surface area (Å²) >= 11 is 7.39. The average molecular weight is 314 g/mol. The lowest BCUT2D eigenvalue weighted by Gasteiger charge is -2.07. The molecule has 1 amide bonds. The molecule has 0 aliphatic carbocycles. The largest absolute Gasteiger partial charge is 0.369 e. The Labute approximate surface area is 122 Å². The highest BCUT2D eigenvalue weighted by Crippen LogP contribution is 2.31. The van der Waals surface area contributed by atoms with Crippen molar-refractivity contribution in [1.82, 2.24) is 0 Å². The van der Waals surface area contributed by atoms with E-state index in [1.54, 1.807) is 0 Å². The molecule has 1 heterocycles. The Morgan fingerprint density at radius 1 is 1.37 bits per heavy atom. The third-order valence-corrected chi connectivity index (χ3v) is 4.85. The van der Waals surface area contributed by atoms with Gasteiger partial charge in [-0.1, -0.05) is 35.9 Å². The number of rotatable bonds is 5. The molecule has 0 saturated carbocycles. The summed E-state index contributed by atoms with van der Waals surface area (Å²) < 4.78 is 12.5. The normalized spacial score (nSPS) is 12.3. The number of carbonyl (C=O) groups excluding carboxylic acids is 1. The number of hydrogen-bond donors (Lipinski definition) is 1. The summed E-state index contributed by atoms with van der Waals surface area (Å²) in [6.45, 7) is 0. The second-order valence-electron chi connectivity index (χ2n) is 3.99. The summed E-state index contributed by atoms with van der Waals surface area (Å²) in [6.07, 6.45) is 0. The van der Waals surface area contributed by atoms with Crippen LogP contribution in [0.1, 0.15) is 5.56 Å². The summed E-state index contributed by atoms with van der Waals surface area (Å²) in [5, 5.41) is 1.96. The second kappa shape index (κ2) is 6.32. The average Bonchev–Trinajstić information content (AvgIpc) is 2.75. The Bertz CT molecular complexity index is 625. The molecule has 0 radical (unpaired) electrons. The molecule has 19 heavy (non-hydrogen) atoms. The van der Waals surface area contributed by atoms with Crippen molar-refractivity contribution in [2.45, 2.75) is 5.75 Å². The fourth-order valence-corrected chi connectivity index (χ4v) is 3.66. The van der Waals surface area contributed by atoms with Crippen molar-refractivity contribution >= 4 is 39.6 Å². The summed E-state index contributed by atoms with van der Waals surface area (Å²) in [6, 6.07) is 9.53. The number of thiophene rings is 1. The van der Waals surface area contributed by atoms with Crippen LogP contribution in [-0.2, 0) is 21.3 Å². The molecule has 100 valence electrons. The van der Waals surface area contributed by atoms with Crippen molar-refractivity contribution in [3.63, 3.8) is 0 Å². The van der Waals surface area contributed by atoms with E-state index in [1.807, 2.05) is 35.7 Å². The molecule has 1 unspecified atom stereocenters. The molecule has 0 bridgehead atoms. The van der Waals surface area contributed by atoms with E-state index in [0.29, 0.717) is 10.1 Å². The zero-order valence-corrected chi connectivity index (χ0v) is 12.4. The van der Waals surface area contributed by atoms with E-state index in [-0.39, 0.29) is 5.75 Å². The first kappa shape index (κ1) is 14.2. The summed E-state index contributed by atoms with van der Waals surface area (Å²) in [4.78, 5) is 10.8. The first-order valence-electron chi connectivity index (χ1n) is 5.52. The van der Waals surface area contributed by atoms with Gasteiger partial charge in [-0.15, -0.1) is 11.3 Å². The van der Waals surface area contributed by atoms with Crippen LogP contribution in [0, 0.1) is 0 Å². The molecule has 3 nitrogen and oxygen atoms in total. The van der Waals surface area contributed by atoms with Gasteiger partial charge in [0.2, 0.25) is 5.91 Å². The highest BCUT2D eigenvalue weighted by Gasteiger charge is 2.11. The maximum Gasteiger partial charge on any atom is 0.230 e. The lowest BCUT2D eigenvalue weighted by Crippen LogP contribution is -2.20. The Morgan fingerprint density at radius 2 is 2.11 bits per heavy atom. The van der Waals surface area contributed by atoms with Crippen LogP contribution in [0.25, 0.3) is 11.1 Å². The third-order valence-electron chi connectivity index (χ3n) is 2.52. The fourth-order valence-electron chi connectivity index (χ4n) is 1.76. The van der Waals surface area contributed by atoms with Crippen LogP contribution >= 0.6 is 22.9 Å². The van der Waals surface area contributed by atoms with Gasteiger partial charge in [0, 0.05) is 21.9 Å².